The standard InChI is InChI=1S/C82H144N20O22/c1-27-81(25,99-62(112)49(32-34-57(84)107)91-73(123)82(26,28-2)101-71(121)79(21,22)95-59(109)46(11)86-61(111)54(41-104)93-68(118)76(15,16)94-47(12)105)72(122)92-52(38-44(7)8)65(115)96-75(13,14)67(117)85-39-58(108)87-50(36-42(3)4)63(113)98-80(23,24)74(124)102-35-29-30-55(102)66(116)88-51(37-43(5)6)64(114)97-78(19,20)70(120)100-77(17,18)69(119)90-48(31-33-56(83)106)60(110)89-53(40-103)45(9)10/h42-46,48-55,103-104H,27-41H2,1-26H3,(H2,83,106)(H2,84,107)(H,85,117)(H,86,111)(H,87,108)(H,88,116)(H,89,110)(H,90,119)(H,91,123)(H,92,122)(H,93,118)(H,94,105)(H,95,109)(H,96,115)(H,97,114)(H,98,113)(H,99,112)(H,100,120)(H,101,121)/t46-,48-,49+,50+,51+,52-,53-,54-,55+,81-,82-/m1/s1. The number of amides is 20. The Bertz CT molecular complexity index is 3880. The number of carbonyl (C=O) groups excluding carboxylic acids is 20. The number of hydrogen-bond donors (Lipinski definition) is 21. The van der Waals surface area contributed by atoms with Gasteiger partial charge < -0.3 is 117 Å². The Morgan fingerprint density at radius 1 is 0.379 bits per heavy atom. The van der Waals surface area contributed by atoms with Crippen LogP contribution in [0.2, 0.25) is 0 Å². The molecule has 42 nitrogen and oxygen atoms in total. The summed E-state index contributed by atoms with van der Waals surface area (Å²) in [5.74, 6) is -17.6. The van der Waals surface area contributed by atoms with E-state index in [9.17, 15) is 106 Å². The van der Waals surface area contributed by atoms with Gasteiger partial charge in [-0.25, -0.2) is 0 Å². The van der Waals surface area contributed by atoms with Gasteiger partial charge in [0.1, 0.15) is 92.6 Å². The average Bonchev–Trinajstić information content (AvgIpc) is 0.978. The maximum atomic E-state index is 14.6. The Kier molecular flexibility index (Phi) is 42.6. The molecule has 23 N–H and O–H groups in total. The van der Waals surface area contributed by atoms with Crippen molar-refractivity contribution in [2.24, 2.45) is 35.1 Å². The number of hydrogen-bond acceptors (Lipinski definition) is 22. The van der Waals surface area contributed by atoms with Crippen LogP contribution in [0.3, 0.4) is 0 Å². The van der Waals surface area contributed by atoms with Gasteiger partial charge in [-0.1, -0.05) is 69.2 Å². The van der Waals surface area contributed by atoms with Gasteiger partial charge in [-0.15, -0.1) is 0 Å². The third-order valence-corrected chi connectivity index (χ3v) is 21.0. The maximum absolute atomic E-state index is 14.6. The molecule has 1 fully saturated rings. The molecule has 0 aromatic heterocycles. The number of aliphatic hydroxyl groups excluding tert-OH is 2. The maximum Gasteiger partial charge on any atom is 0.248 e. The van der Waals surface area contributed by atoms with Gasteiger partial charge in [0.25, 0.3) is 0 Å². The minimum absolute atomic E-state index is 0.0239. The lowest BCUT2D eigenvalue weighted by atomic mass is 9.92. The molecule has 42 heteroatoms. The van der Waals surface area contributed by atoms with E-state index in [0.29, 0.717) is 6.42 Å². The van der Waals surface area contributed by atoms with E-state index in [1.807, 2.05) is 0 Å². The van der Waals surface area contributed by atoms with Gasteiger partial charge in [-0.3, -0.25) is 95.9 Å². The molecule has 1 aliphatic heterocycles. The van der Waals surface area contributed by atoms with Crippen molar-refractivity contribution in [1.29, 1.82) is 0 Å². The molecular weight excluding hydrogens is 1620 g/mol. The predicted molar refractivity (Wildman–Crippen MR) is 456 cm³/mol. The van der Waals surface area contributed by atoms with Crippen molar-refractivity contribution in [3.05, 3.63) is 0 Å². The quantitative estimate of drug-likeness (QED) is 0.0278. The molecule has 0 aromatic rings. The summed E-state index contributed by atoms with van der Waals surface area (Å²) in [7, 11) is 0. The largest absolute Gasteiger partial charge is 0.394 e. The molecular formula is C82H144N20O22. The molecule has 1 saturated heterocycles. The number of carbonyl (C=O) groups is 20. The Morgan fingerprint density at radius 3 is 1.17 bits per heavy atom. The number of nitrogens with zero attached hydrogens (tertiary/aromatic N) is 1. The third-order valence-electron chi connectivity index (χ3n) is 21.0. The fraction of sp³-hybridized carbons (Fsp3) is 0.756. The molecule has 0 spiro atoms. The van der Waals surface area contributed by atoms with E-state index in [2.05, 4.69) is 90.4 Å². The first-order chi connectivity index (χ1) is 56.6. The molecule has 1 heterocycles. The minimum atomic E-state index is -1.86. The first-order valence-electron chi connectivity index (χ1n) is 42.0. The number of aliphatic hydroxyl groups is 2. The van der Waals surface area contributed by atoms with Crippen molar-refractivity contribution in [2.45, 2.75) is 349 Å². The fourth-order valence-corrected chi connectivity index (χ4v) is 12.5. The molecule has 0 bridgehead atoms. The number of nitrogens with two attached hydrogens (primary N) is 2. The van der Waals surface area contributed by atoms with Gasteiger partial charge in [0.05, 0.1) is 25.8 Å². The summed E-state index contributed by atoms with van der Waals surface area (Å²) < 4.78 is 0. The summed E-state index contributed by atoms with van der Waals surface area (Å²) in [6.45, 7) is 36.4. The topological polar surface area (TPSA) is 642 Å². The Hall–Kier alpha value is -10.7. The zero-order chi connectivity index (χ0) is 96.3. The van der Waals surface area contributed by atoms with E-state index < -0.39 is 249 Å². The highest BCUT2D eigenvalue weighted by molar-refractivity contribution is 6.04. The van der Waals surface area contributed by atoms with E-state index in [0.717, 1.165) is 0 Å². The first kappa shape index (κ1) is 111. The molecule has 1 rings (SSSR count). The monoisotopic (exact) mass is 1760 g/mol. The summed E-state index contributed by atoms with van der Waals surface area (Å²) in [5, 5.41) is 63.2. The Balaban J connectivity index is 3.30. The van der Waals surface area contributed by atoms with E-state index in [1.54, 1.807) is 55.4 Å². The molecule has 0 aromatic carbocycles. The fourth-order valence-electron chi connectivity index (χ4n) is 12.5. The SMILES string of the molecule is CC[C@@](C)(NC(=O)[C@H](CCC(N)=O)NC(=O)[C@@](C)(CC)NC(=O)C(C)(C)NC(=O)[C@@H](C)NC(=O)[C@@H](CO)NC(=O)C(C)(C)NC(C)=O)C(=O)N[C@H](CC(C)C)C(=O)NC(C)(C)C(=O)NCC(=O)N[C@@H](CC(C)C)C(=O)NC(C)(C)C(=O)N1CCC[C@H]1C(=O)N[C@@H](CC(C)C)C(=O)NC(C)(C)C(=O)NC(C)(C)C(=O)N[C@H](CCC(N)=O)C(=O)N[C@H](CO)C(C)C. The zero-order valence-electron chi connectivity index (χ0n) is 77.3. The summed E-state index contributed by atoms with van der Waals surface area (Å²) in [6, 6.07) is -11.6. The van der Waals surface area contributed by atoms with Gasteiger partial charge >= 0.3 is 0 Å². The molecule has 1 aliphatic rings. The molecule has 0 unspecified atom stereocenters. The summed E-state index contributed by atoms with van der Waals surface area (Å²) in [4.78, 5) is 274. The Labute approximate surface area is 727 Å². The van der Waals surface area contributed by atoms with Crippen LogP contribution in [0.1, 0.15) is 251 Å². The van der Waals surface area contributed by atoms with Crippen molar-refractivity contribution in [2.75, 3.05) is 26.3 Å². The second-order valence-corrected chi connectivity index (χ2v) is 37.1. The normalized spacial score (nSPS) is 16.2. The summed E-state index contributed by atoms with van der Waals surface area (Å²) >= 11 is 0. The van der Waals surface area contributed by atoms with E-state index in [1.165, 1.54) is 130 Å². The van der Waals surface area contributed by atoms with Crippen LogP contribution < -0.4 is 102 Å². The average molecular weight is 1760 g/mol. The molecule has 704 valence electrons. The van der Waals surface area contributed by atoms with Crippen LogP contribution in [-0.4, -0.2) is 258 Å². The summed E-state index contributed by atoms with van der Waals surface area (Å²) in [5.41, 5.74) is -3.22. The molecule has 20 amide bonds. The summed E-state index contributed by atoms with van der Waals surface area (Å²) in [6.07, 6.45) is -1.07. The smallest absolute Gasteiger partial charge is 0.248 e. The second-order valence-electron chi connectivity index (χ2n) is 37.1. The van der Waals surface area contributed by atoms with Crippen molar-refractivity contribution < 1.29 is 106 Å². The lowest BCUT2D eigenvalue weighted by Gasteiger charge is -2.36. The highest BCUT2D eigenvalue weighted by Crippen LogP contribution is 2.25. The minimum Gasteiger partial charge on any atom is -0.394 e. The Morgan fingerprint density at radius 2 is 0.742 bits per heavy atom. The second kappa shape index (κ2) is 47.4. The van der Waals surface area contributed by atoms with Crippen molar-refractivity contribution in [3.8, 4) is 0 Å². The van der Waals surface area contributed by atoms with Crippen molar-refractivity contribution >= 4 is 118 Å². The molecule has 0 radical (unpaired) electrons. The first-order valence-corrected chi connectivity index (χ1v) is 42.0. The van der Waals surface area contributed by atoms with E-state index >= 15 is 0 Å². The van der Waals surface area contributed by atoms with Crippen LogP contribution in [0.25, 0.3) is 0 Å². The number of rotatable bonds is 51. The lowest BCUT2D eigenvalue weighted by Crippen LogP contribution is -2.67. The van der Waals surface area contributed by atoms with Crippen molar-refractivity contribution in [1.82, 2.24) is 95.3 Å². The number of primary amides is 2. The predicted octanol–water partition coefficient (Wildman–Crippen LogP) is -3.74. The van der Waals surface area contributed by atoms with Crippen LogP contribution in [0.4, 0.5) is 0 Å². The highest BCUT2D eigenvalue weighted by atomic mass is 16.3. The van der Waals surface area contributed by atoms with Gasteiger partial charge in [-0.2, -0.15) is 0 Å². The van der Waals surface area contributed by atoms with Crippen LogP contribution in [0.5, 0.6) is 0 Å². The lowest BCUT2D eigenvalue weighted by molar-refractivity contribution is -0.145. The molecule has 0 aliphatic carbocycles. The zero-order valence-corrected chi connectivity index (χ0v) is 77.3. The molecule has 0 saturated carbocycles. The van der Waals surface area contributed by atoms with Gasteiger partial charge in [0, 0.05) is 26.3 Å². The van der Waals surface area contributed by atoms with Crippen LogP contribution in [0, 0.1) is 23.7 Å². The van der Waals surface area contributed by atoms with Gasteiger partial charge in [-0.05, 0) is 185 Å². The molecule has 11 atom stereocenters. The van der Waals surface area contributed by atoms with Gasteiger partial charge in [0.15, 0.2) is 0 Å². The van der Waals surface area contributed by atoms with E-state index in [-0.39, 0.29) is 81.6 Å². The van der Waals surface area contributed by atoms with Crippen LogP contribution in [0.15, 0.2) is 0 Å². The van der Waals surface area contributed by atoms with Gasteiger partial charge in [0.2, 0.25) is 118 Å². The van der Waals surface area contributed by atoms with Crippen molar-refractivity contribution in [3.63, 3.8) is 0 Å². The van der Waals surface area contributed by atoms with Crippen LogP contribution >= 0.6 is 0 Å². The number of likely N-dealkylation sites (tertiary alicyclic amines) is 1. The highest BCUT2D eigenvalue weighted by Gasteiger charge is 2.48. The number of nitrogens with one attached hydrogen (secondary N) is 17. The van der Waals surface area contributed by atoms with Crippen LogP contribution in [-0.2, 0) is 95.9 Å². The third kappa shape index (κ3) is 35.2. The molecule has 124 heavy (non-hydrogen) atoms. The van der Waals surface area contributed by atoms with E-state index in [4.69, 9.17) is 11.5 Å².